The Hall–Kier alpha value is -1.13. The van der Waals surface area contributed by atoms with E-state index < -0.39 is 6.10 Å². The Kier molecular flexibility index (Phi) is 3.59. The summed E-state index contributed by atoms with van der Waals surface area (Å²) < 4.78 is 1.95. The van der Waals surface area contributed by atoms with Crippen LogP contribution >= 0.6 is 11.3 Å². The maximum atomic E-state index is 10.3. The molecule has 0 saturated carbocycles. The number of imidazole rings is 1. The fraction of sp³-hybridized carbons (Fsp3) is 0.500. The third-order valence-corrected chi connectivity index (χ3v) is 4.60. The first kappa shape index (κ1) is 13.3. The first-order valence-corrected chi connectivity index (χ1v) is 6.94. The molecule has 2 aromatic heterocycles. The number of aromatic nitrogens is 2. The van der Waals surface area contributed by atoms with Crippen molar-refractivity contribution >= 4 is 11.3 Å². The van der Waals surface area contributed by atoms with E-state index in [1.54, 1.807) is 17.5 Å². The van der Waals surface area contributed by atoms with Gasteiger partial charge in [-0.2, -0.15) is 0 Å². The van der Waals surface area contributed by atoms with Crippen LogP contribution in [0.2, 0.25) is 0 Å². The zero-order valence-corrected chi connectivity index (χ0v) is 12.2. The summed E-state index contributed by atoms with van der Waals surface area (Å²) in [4.78, 5) is 6.56. The number of thiophene rings is 1. The molecule has 0 spiro atoms. The van der Waals surface area contributed by atoms with Gasteiger partial charge in [0.05, 0.1) is 6.10 Å². The van der Waals surface area contributed by atoms with Gasteiger partial charge < -0.3 is 9.67 Å². The second-order valence-electron chi connectivity index (χ2n) is 5.63. The third kappa shape index (κ3) is 2.82. The Morgan fingerprint density at radius 1 is 1.39 bits per heavy atom. The molecule has 3 nitrogen and oxygen atoms in total. The van der Waals surface area contributed by atoms with Crippen molar-refractivity contribution in [1.82, 2.24) is 9.55 Å². The lowest BCUT2D eigenvalue weighted by atomic mass is 9.95. The van der Waals surface area contributed by atoms with E-state index in [4.69, 9.17) is 0 Å². The summed E-state index contributed by atoms with van der Waals surface area (Å²) in [6.07, 6.45) is 3.76. The van der Waals surface area contributed by atoms with E-state index in [0.717, 1.165) is 10.7 Å². The van der Waals surface area contributed by atoms with Crippen LogP contribution in [0.25, 0.3) is 0 Å². The number of aliphatic hydroxyl groups excluding tert-OH is 1. The molecule has 18 heavy (non-hydrogen) atoms. The van der Waals surface area contributed by atoms with Gasteiger partial charge in [0.1, 0.15) is 5.82 Å². The van der Waals surface area contributed by atoms with Crippen LogP contribution in [0.15, 0.2) is 24.5 Å². The molecule has 0 aliphatic carbocycles. The SMILES string of the molecule is Cn1ccnc1CC(O)c1ccc(C(C)(C)C)s1. The van der Waals surface area contributed by atoms with Crippen molar-refractivity contribution in [2.45, 2.75) is 38.7 Å². The standard InChI is InChI=1S/C14H20N2OS/c1-14(2,3)12-6-5-11(18-12)10(17)9-13-15-7-8-16(13)4/h5-8,10,17H,9H2,1-4H3. The molecule has 2 aromatic rings. The highest BCUT2D eigenvalue weighted by molar-refractivity contribution is 7.12. The van der Waals surface area contributed by atoms with Gasteiger partial charge in [0.15, 0.2) is 0 Å². The molecule has 0 aromatic carbocycles. The van der Waals surface area contributed by atoms with Crippen molar-refractivity contribution in [2.24, 2.45) is 7.05 Å². The fourth-order valence-electron chi connectivity index (χ4n) is 1.80. The fourth-order valence-corrected chi connectivity index (χ4v) is 2.85. The van der Waals surface area contributed by atoms with E-state index >= 15 is 0 Å². The number of hydrogen-bond donors (Lipinski definition) is 1. The zero-order chi connectivity index (χ0) is 13.3. The minimum atomic E-state index is -0.466. The molecule has 1 unspecified atom stereocenters. The first-order chi connectivity index (χ1) is 8.38. The molecule has 0 aliphatic heterocycles. The summed E-state index contributed by atoms with van der Waals surface area (Å²) in [6.45, 7) is 6.56. The lowest BCUT2D eigenvalue weighted by Gasteiger charge is -2.15. The molecule has 1 N–H and O–H groups in total. The second kappa shape index (κ2) is 4.86. The molecule has 0 amide bonds. The highest BCUT2D eigenvalue weighted by atomic mass is 32.1. The van der Waals surface area contributed by atoms with Gasteiger partial charge in [-0.05, 0) is 17.5 Å². The minimum Gasteiger partial charge on any atom is -0.387 e. The molecule has 0 aliphatic rings. The molecule has 1 atom stereocenters. The summed E-state index contributed by atoms with van der Waals surface area (Å²) in [5.74, 6) is 0.910. The van der Waals surface area contributed by atoms with Crippen LogP contribution in [-0.2, 0) is 18.9 Å². The Bertz CT molecular complexity index is 522. The Labute approximate surface area is 112 Å². The highest BCUT2D eigenvalue weighted by Gasteiger charge is 2.19. The Morgan fingerprint density at radius 2 is 2.11 bits per heavy atom. The predicted molar refractivity (Wildman–Crippen MR) is 74.9 cm³/mol. The van der Waals surface area contributed by atoms with Crippen molar-refractivity contribution in [2.75, 3.05) is 0 Å². The lowest BCUT2D eigenvalue weighted by molar-refractivity contribution is 0.178. The monoisotopic (exact) mass is 264 g/mol. The smallest absolute Gasteiger partial charge is 0.111 e. The van der Waals surface area contributed by atoms with Crippen LogP contribution in [-0.4, -0.2) is 14.7 Å². The molecular formula is C14H20N2OS. The quantitative estimate of drug-likeness (QED) is 0.925. The molecule has 2 rings (SSSR count). The van der Waals surface area contributed by atoms with Crippen molar-refractivity contribution in [1.29, 1.82) is 0 Å². The summed E-state index contributed by atoms with van der Waals surface area (Å²) in [5.41, 5.74) is 0.145. The maximum Gasteiger partial charge on any atom is 0.111 e. The van der Waals surface area contributed by atoms with Gasteiger partial charge in [-0.15, -0.1) is 11.3 Å². The molecule has 0 saturated heterocycles. The number of rotatable bonds is 3. The van der Waals surface area contributed by atoms with Crippen LogP contribution in [0.4, 0.5) is 0 Å². The van der Waals surface area contributed by atoms with E-state index in [2.05, 4.69) is 31.8 Å². The molecule has 4 heteroatoms. The summed E-state index contributed by atoms with van der Waals surface area (Å²) >= 11 is 1.69. The van der Waals surface area contributed by atoms with Crippen LogP contribution in [0.5, 0.6) is 0 Å². The van der Waals surface area contributed by atoms with E-state index in [1.807, 2.05) is 23.9 Å². The summed E-state index contributed by atoms with van der Waals surface area (Å²) in [5, 5.41) is 10.3. The van der Waals surface area contributed by atoms with E-state index in [9.17, 15) is 5.11 Å². The minimum absolute atomic E-state index is 0.145. The first-order valence-electron chi connectivity index (χ1n) is 6.12. The van der Waals surface area contributed by atoms with Gasteiger partial charge in [-0.3, -0.25) is 0 Å². The van der Waals surface area contributed by atoms with Crippen LogP contribution < -0.4 is 0 Å². The Balaban J connectivity index is 2.12. The third-order valence-electron chi connectivity index (χ3n) is 2.99. The Morgan fingerprint density at radius 3 is 2.61 bits per heavy atom. The van der Waals surface area contributed by atoms with Gasteiger partial charge in [0.2, 0.25) is 0 Å². The van der Waals surface area contributed by atoms with Crippen molar-refractivity contribution in [3.05, 3.63) is 40.1 Å². The van der Waals surface area contributed by atoms with E-state index in [1.165, 1.54) is 4.88 Å². The van der Waals surface area contributed by atoms with Gasteiger partial charge >= 0.3 is 0 Å². The molecule has 2 heterocycles. The van der Waals surface area contributed by atoms with E-state index in [0.29, 0.717) is 6.42 Å². The number of nitrogens with zero attached hydrogens (tertiary/aromatic N) is 2. The van der Waals surface area contributed by atoms with E-state index in [-0.39, 0.29) is 5.41 Å². The largest absolute Gasteiger partial charge is 0.387 e. The van der Waals surface area contributed by atoms with Crippen molar-refractivity contribution < 1.29 is 5.11 Å². The lowest BCUT2D eigenvalue weighted by Crippen LogP contribution is -2.08. The van der Waals surface area contributed by atoms with Crippen LogP contribution in [0.3, 0.4) is 0 Å². The molecular weight excluding hydrogens is 244 g/mol. The molecule has 98 valence electrons. The van der Waals surface area contributed by atoms with Gasteiger partial charge in [-0.25, -0.2) is 4.98 Å². The van der Waals surface area contributed by atoms with Crippen molar-refractivity contribution in [3.8, 4) is 0 Å². The second-order valence-corrected chi connectivity index (χ2v) is 6.74. The summed E-state index contributed by atoms with van der Waals surface area (Å²) in [6, 6.07) is 4.14. The maximum absolute atomic E-state index is 10.3. The normalized spacial score (nSPS) is 13.8. The van der Waals surface area contributed by atoms with Gasteiger partial charge in [0.25, 0.3) is 0 Å². The van der Waals surface area contributed by atoms with Gasteiger partial charge in [0, 0.05) is 35.6 Å². The highest BCUT2D eigenvalue weighted by Crippen LogP contribution is 2.33. The molecule has 0 bridgehead atoms. The number of aryl methyl sites for hydroxylation is 1. The molecule has 0 radical (unpaired) electrons. The van der Waals surface area contributed by atoms with Gasteiger partial charge in [-0.1, -0.05) is 20.8 Å². The van der Waals surface area contributed by atoms with Crippen molar-refractivity contribution in [3.63, 3.8) is 0 Å². The summed E-state index contributed by atoms with van der Waals surface area (Å²) in [7, 11) is 1.95. The number of aliphatic hydroxyl groups is 1. The zero-order valence-electron chi connectivity index (χ0n) is 11.3. The number of hydrogen-bond acceptors (Lipinski definition) is 3. The average molecular weight is 264 g/mol. The topological polar surface area (TPSA) is 38.0 Å². The van der Waals surface area contributed by atoms with Crippen LogP contribution in [0, 0.1) is 0 Å². The average Bonchev–Trinajstić information content (AvgIpc) is 2.87. The molecule has 0 fully saturated rings. The predicted octanol–water partition coefficient (Wildman–Crippen LogP) is 3.06. The van der Waals surface area contributed by atoms with Crippen LogP contribution in [0.1, 0.15) is 42.5 Å².